The smallest absolute Gasteiger partial charge is 0.264 e. The molecule has 138 valence electrons. The van der Waals surface area contributed by atoms with Crippen LogP contribution < -0.4 is 15.4 Å². The zero-order chi connectivity index (χ0) is 19.3. The van der Waals surface area contributed by atoms with E-state index in [9.17, 15) is 8.42 Å². The average Bonchev–Trinajstić information content (AvgIpc) is 2.62. The number of benzene rings is 1. The number of aromatic nitrogens is 3. The molecule has 8 nitrogen and oxygen atoms in total. The van der Waals surface area contributed by atoms with Gasteiger partial charge in [-0.2, -0.15) is 0 Å². The van der Waals surface area contributed by atoms with Crippen molar-refractivity contribution in [2.75, 3.05) is 15.4 Å². The number of hydrogen-bond donors (Lipinski definition) is 3. The Bertz CT molecular complexity index is 1040. The van der Waals surface area contributed by atoms with Gasteiger partial charge in [0.2, 0.25) is 5.95 Å². The van der Waals surface area contributed by atoms with Gasteiger partial charge in [0.15, 0.2) is 5.11 Å². The topological polar surface area (TPSA) is 109 Å². The van der Waals surface area contributed by atoms with Crippen molar-refractivity contribution >= 4 is 44.8 Å². The number of hydrogen-bond acceptors (Lipinski definition) is 6. The van der Waals surface area contributed by atoms with Crippen LogP contribution in [0, 0.1) is 6.92 Å². The first-order valence-corrected chi connectivity index (χ1v) is 9.73. The Hall–Kier alpha value is -3.11. The van der Waals surface area contributed by atoms with E-state index >= 15 is 0 Å². The molecular weight excluding hydrogens is 384 g/mol. The zero-order valence-corrected chi connectivity index (χ0v) is 15.9. The van der Waals surface area contributed by atoms with Crippen LogP contribution in [-0.4, -0.2) is 28.5 Å². The van der Waals surface area contributed by atoms with Gasteiger partial charge in [-0.25, -0.2) is 28.1 Å². The van der Waals surface area contributed by atoms with E-state index in [4.69, 9.17) is 12.2 Å². The molecule has 0 aliphatic heterocycles. The summed E-state index contributed by atoms with van der Waals surface area (Å²) < 4.78 is 27.0. The van der Waals surface area contributed by atoms with Crippen LogP contribution in [0.2, 0.25) is 0 Å². The third-order valence-corrected chi connectivity index (χ3v) is 4.89. The Labute approximate surface area is 162 Å². The van der Waals surface area contributed by atoms with E-state index in [1.807, 2.05) is 19.1 Å². The van der Waals surface area contributed by atoms with Crippen molar-refractivity contribution in [1.82, 2.24) is 15.0 Å². The number of nitrogens with zero attached hydrogens (tertiary/aromatic N) is 3. The van der Waals surface area contributed by atoms with Gasteiger partial charge in [-0.05, 0) is 61.6 Å². The third-order valence-electron chi connectivity index (χ3n) is 3.34. The van der Waals surface area contributed by atoms with E-state index in [1.54, 1.807) is 24.3 Å². The number of anilines is 3. The van der Waals surface area contributed by atoms with Gasteiger partial charge in [0, 0.05) is 23.8 Å². The molecule has 27 heavy (non-hydrogen) atoms. The lowest BCUT2D eigenvalue weighted by atomic mass is 10.3. The van der Waals surface area contributed by atoms with Gasteiger partial charge in [-0.15, -0.1) is 0 Å². The number of nitrogens with one attached hydrogen (secondary N) is 3. The van der Waals surface area contributed by atoms with Gasteiger partial charge >= 0.3 is 0 Å². The van der Waals surface area contributed by atoms with Crippen LogP contribution in [0.3, 0.4) is 0 Å². The fourth-order valence-corrected chi connectivity index (χ4v) is 3.32. The van der Waals surface area contributed by atoms with Crippen LogP contribution in [0.25, 0.3) is 0 Å². The van der Waals surface area contributed by atoms with Gasteiger partial charge < -0.3 is 10.6 Å². The predicted octanol–water partition coefficient (Wildman–Crippen LogP) is 2.79. The first-order valence-electron chi connectivity index (χ1n) is 7.84. The minimum absolute atomic E-state index is 0.00994. The van der Waals surface area contributed by atoms with Crippen molar-refractivity contribution in [3.05, 3.63) is 66.6 Å². The van der Waals surface area contributed by atoms with Crippen molar-refractivity contribution in [3.8, 4) is 0 Å². The average molecular weight is 400 g/mol. The van der Waals surface area contributed by atoms with Crippen LogP contribution >= 0.6 is 12.2 Å². The molecule has 0 aliphatic carbocycles. The molecule has 3 aromatic rings. The summed E-state index contributed by atoms with van der Waals surface area (Å²) in [5.41, 5.74) is 1.50. The Balaban J connectivity index is 1.65. The maximum absolute atomic E-state index is 12.4. The lowest BCUT2D eigenvalue weighted by molar-refractivity contribution is 0.601. The van der Waals surface area contributed by atoms with Gasteiger partial charge in [0.1, 0.15) is 5.82 Å². The van der Waals surface area contributed by atoms with Gasteiger partial charge in [0.25, 0.3) is 10.0 Å². The molecule has 3 N–H and O–H groups in total. The van der Waals surface area contributed by atoms with Crippen LogP contribution in [0.15, 0.2) is 65.8 Å². The molecule has 0 unspecified atom stereocenters. The second-order valence-corrected chi connectivity index (χ2v) is 7.54. The SMILES string of the molecule is Cc1cccc(NC(=S)Nc2ccc(S(=O)(=O)Nc3ncccn3)cc2)n1. The highest BCUT2D eigenvalue weighted by Gasteiger charge is 2.15. The predicted molar refractivity (Wildman–Crippen MR) is 108 cm³/mol. The third kappa shape index (κ3) is 5.19. The van der Waals surface area contributed by atoms with E-state index in [2.05, 4.69) is 30.3 Å². The fourth-order valence-electron chi connectivity index (χ4n) is 2.14. The fraction of sp³-hybridized carbons (Fsp3) is 0.0588. The number of aryl methyl sites for hydroxylation is 1. The second-order valence-electron chi connectivity index (χ2n) is 5.45. The monoisotopic (exact) mass is 400 g/mol. The molecule has 0 bridgehead atoms. The molecule has 2 aromatic heterocycles. The molecule has 0 fully saturated rings. The molecule has 1 aromatic carbocycles. The lowest BCUT2D eigenvalue weighted by Crippen LogP contribution is -2.20. The summed E-state index contributed by atoms with van der Waals surface area (Å²) in [6.45, 7) is 1.88. The summed E-state index contributed by atoms with van der Waals surface area (Å²) in [6.07, 6.45) is 2.91. The maximum atomic E-state index is 12.4. The van der Waals surface area contributed by atoms with Crippen molar-refractivity contribution in [1.29, 1.82) is 0 Å². The Morgan fingerprint density at radius 3 is 2.33 bits per heavy atom. The summed E-state index contributed by atoms with van der Waals surface area (Å²) in [5.74, 6) is 0.634. The summed E-state index contributed by atoms with van der Waals surface area (Å²) >= 11 is 5.24. The van der Waals surface area contributed by atoms with Crippen molar-refractivity contribution in [2.45, 2.75) is 11.8 Å². The zero-order valence-electron chi connectivity index (χ0n) is 14.2. The first-order chi connectivity index (χ1) is 12.9. The minimum atomic E-state index is -3.77. The number of thiocarbonyl (C=S) groups is 1. The Kier molecular flexibility index (Phi) is 5.57. The van der Waals surface area contributed by atoms with Crippen molar-refractivity contribution < 1.29 is 8.42 Å². The standard InChI is InChI=1S/C17H16N6O2S2/c1-12-4-2-5-15(20-12)22-17(26)21-13-6-8-14(9-7-13)27(24,25)23-16-18-10-3-11-19-16/h2-11H,1H3,(H,18,19,23)(H2,20,21,22,26). The van der Waals surface area contributed by atoms with Gasteiger partial charge in [-0.1, -0.05) is 6.07 Å². The summed E-state index contributed by atoms with van der Waals surface area (Å²) in [5, 5.41) is 6.30. The second kappa shape index (κ2) is 8.06. The minimum Gasteiger partial charge on any atom is -0.332 e. The molecule has 0 spiro atoms. The Morgan fingerprint density at radius 1 is 0.963 bits per heavy atom. The normalized spacial score (nSPS) is 10.9. The van der Waals surface area contributed by atoms with Gasteiger partial charge in [0.05, 0.1) is 4.90 Å². The molecule has 2 heterocycles. The van der Waals surface area contributed by atoms with Crippen molar-refractivity contribution in [2.24, 2.45) is 0 Å². The maximum Gasteiger partial charge on any atom is 0.264 e. The summed E-state index contributed by atoms with van der Waals surface area (Å²) in [4.78, 5) is 12.1. The summed E-state index contributed by atoms with van der Waals surface area (Å²) in [6, 6.07) is 13.3. The number of pyridine rings is 1. The van der Waals surface area contributed by atoms with Crippen LogP contribution in [0.5, 0.6) is 0 Å². The summed E-state index contributed by atoms with van der Waals surface area (Å²) in [7, 11) is -3.77. The molecule has 0 atom stereocenters. The van der Waals surface area contributed by atoms with E-state index in [0.29, 0.717) is 16.6 Å². The van der Waals surface area contributed by atoms with Crippen LogP contribution in [0.1, 0.15) is 5.69 Å². The molecule has 0 aliphatic rings. The van der Waals surface area contributed by atoms with E-state index in [0.717, 1.165) is 5.69 Å². The quantitative estimate of drug-likeness (QED) is 0.561. The molecule has 0 saturated heterocycles. The van der Waals surface area contributed by atoms with Gasteiger partial charge in [-0.3, -0.25) is 0 Å². The molecule has 10 heteroatoms. The largest absolute Gasteiger partial charge is 0.332 e. The highest BCUT2D eigenvalue weighted by atomic mass is 32.2. The number of sulfonamides is 1. The number of rotatable bonds is 5. The first kappa shape index (κ1) is 18.7. The van der Waals surface area contributed by atoms with E-state index in [1.165, 1.54) is 24.5 Å². The highest BCUT2D eigenvalue weighted by molar-refractivity contribution is 7.92. The molecule has 0 saturated carbocycles. The van der Waals surface area contributed by atoms with Crippen LogP contribution in [-0.2, 0) is 10.0 Å². The molecule has 0 amide bonds. The Morgan fingerprint density at radius 2 is 1.67 bits per heavy atom. The molecule has 0 radical (unpaired) electrons. The van der Waals surface area contributed by atoms with E-state index < -0.39 is 10.0 Å². The van der Waals surface area contributed by atoms with Crippen LogP contribution in [0.4, 0.5) is 17.5 Å². The highest BCUT2D eigenvalue weighted by Crippen LogP contribution is 2.16. The lowest BCUT2D eigenvalue weighted by Gasteiger charge is -2.11. The van der Waals surface area contributed by atoms with E-state index in [-0.39, 0.29) is 10.8 Å². The molecule has 3 rings (SSSR count). The molecular formula is C17H16N6O2S2. The van der Waals surface area contributed by atoms with Crippen molar-refractivity contribution in [3.63, 3.8) is 0 Å².